The molecule has 0 saturated carbocycles. The zero-order valence-electron chi connectivity index (χ0n) is 11.9. The number of carbonyl (C=O) groups is 1. The molecule has 0 spiro atoms. The highest BCUT2D eigenvalue weighted by Gasteiger charge is 2.55. The number of fused-ring (bicyclic) bond motifs is 1. The van der Waals surface area contributed by atoms with Gasteiger partial charge in [0.05, 0.1) is 12.5 Å². The third kappa shape index (κ3) is 3.05. The summed E-state index contributed by atoms with van der Waals surface area (Å²) in [5, 5.41) is 2.84. The Kier molecular flexibility index (Phi) is 3.60. The highest BCUT2D eigenvalue weighted by Crippen LogP contribution is 2.37. The molecule has 19 heavy (non-hydrogen) atoms. The third-order valence-corrected chi connectivity index (χ3v) is 3.79. The van der Waals surface area contributed by atoms with Crippen LogP contribution >= 0.6 is 0 Å². The number of rotatable bonds is 2. The molecule has 2 aliphatic heterocycles. The molecule has 2 fully saturated rings. The quantitative estimate of drug-likeness (QED) is 0.771. The predicted octanol–water partition coefficient (Wildman–Crippen LogP) is 1.26. The lowest BCUT2D eigenvalue weighted by Gasteiger charge is -2.28. The molecule has 0 aromatic carbocycles. The molecule has 1 N–H and O–H groups in total. The van der Waals surface area contributed by atoms with E-state index in [1.54, 1.807) is 32.6 Å². The van der Waals surface area contributed by atoms with E-state index in [1.807, 2.05) is 0 Å². The van der Waals surface area contributed by atoms with Gasteiger partial charge in [0.1, 0.15) is 11.6 Å². The molecular formula is C13H22F2N2O2. The zero-order valence-corrected chi connectivity index (χ0v) is 11.9. The van der Waals surface area contributed by atoms with E-state index in [0.29, 0.717) is 6.54 Å². The lowest BCUT2D eigenvalue weighted by atomic mass is 10.0. The molecule has 2 rings (SSSR count). The Balaban J connectivity index is 1.96. The number of alkyl halides is 2. The summed E-state index contributed by atoms with van der Waals surface area (Å²) in [6.07, 6.45) is 0. The first-order valence-corrected chi connectivity index (χ1v) is 6.68. The van der Waals surface area contributed by atoms with Crippen LogP contribution in [0, 0.1) is 5.92 Å². The fourth-order valence-electron chi connectivity index (χ4n) is 2.72. The van der Waals surface area contributed by atoms with Gasteiger partial charge in [-0.15, -0.1) is 0 Å². The first kappa shape index (κ1) is 14.7. The zero-order chi connectivity index (χ0) is 14.4. The van der Waals surface area contributed by atoms with Gasteiger partial charge in [-0.3, -0.25) is 9.69 Å². The summed E-state index contributed by atoms with van der Waals surface area (Å²) in [6.45, 7) is 7.57. The van der Waals surface area contributed by atoms with Crippen molar-refractivity contribution < 1.29 is 18.3 Å². The van der Waals surface area contributed by atoms with Gasteiger partial charge in [0, 0.05) is 19.1 Å². The van der Waals surface area contributed by atoms with Crippen molar-refractivity contribution in [2.24, 2.45) is 5.92 Å². The maximum atomic E-state index is 13.6. The number of hydrogen-bond donors (Lipinski definition) is 1. The highest BCUT2D eigenvalue weighted by molar-refractivity contribution is 5.75. The van der Waals surface area contributed by atoms with Crippen molar-refractivity contribution >= 4 is 5.97 Å². The largest absolute Gasteiger partial charge is 0.459 e. The second-order valence-electron chi connectivity index (χ2n) is 6.52. The topological polar surface area (TPSA) is 41.6 Å². The molecule has 1 unspecified atom stereocenters. The van der Waals surface area contributed by atoms with Crippen molar-refractivity contribution in [3.05, 3.63) is 0 Å². The molecule has 0 aromatic heterocycles. The normalized spacial score (nSPS) is 32.1. The maximum Gasteiger partial charge on any atom is 0.323 e. The molecule has 0 amide bonds. The third-order valence-electron chi connectivity index (χ3n) is 3.79. The van der Waals surface area contributed by atoms with Crippen molar-refractivity contribution in [1.29, 1.82) is 0 Å². The summed E-state index contributed by atoms with van der Waals surface area (Å²) in [7, 11) is 0. The van der Waals surface area contributed by atoms with Crippen LogP contribution in [0.2, 0.25) is 0 Å². The Bertz CT molecular complexity index is 368. The number of halogens is 2. The van der Waals surface area contributed by atoms with Crippen LogP contribution in [-0.4, -0.2) is 54.1 Å². The number of esters is 1. The van der Waals surface area contributed by atoms with Gasteiger partial charge in [0.25, 0.3) is 5.92 Å². The van der Waals surface area contributed by atoms with E-state index in [-0.39, 0.29) is 25.1 Å². The maximum absolute atomic E-state index is 13.6. The molecule has 0 aliphatic carbocycles. The lowest BCUT2D eigenvalue weighted by molar-refractivity contribution is -0.160. The van der Waals surface area contributed by atoms with Crippen LogP contribution in [0.5, 0.6) is 0 Å². The number of nitrogens with one attached hydrogen (secondary N) is 1. The number of nitrogens with zero attached hydrogens (tertiary/aromatic N) is 1. The van der Waals surface area contributed by atoms with Gasteiger partial charge in [-0.1, -0.05) is 0 Å². The van der Waals surface area contributed by atoms with E-state index in [0.717, 1.165) is 0 Å². The van der Waals surface area contributed by atoms with E-state index in [1.165, 1.54) is 0 Å². The van der Waals surface area contributed by atoms with Crippen molar-refractivity contribution in [2.45, 2.75) is 51.3 Å². The Morgan fingerprint density at radius 1 is 1.42 bits per heavy atom. The molecule has 2 heterocycles. The van der Waals surface area contributed by atoms with Crippen molar-refractivity contribution in [2.75, 3.05) is 19.6 Å². The van der Waals surface area contributed by atoms with E-state index in [2.05, 4.69) is 5.32 Å². The summed E-state index contributed by atoms with van der Waals surface area (Å²) in [5.74, 6) is -3.72. The number of likely N-dealkylation sites (tertiary alicyclic amines) is 1. The van der Waals surface area contributed by atoms with Gasteiger partial charge in [-0.05, 0) is 27.7 Å². The Morgan fingerprint density at radius 3 is 2.58 bits per heavy atom. The first-order chi connectivity index (χ1) is 8.60. The highest BCUT2D eigenvalue weighted by atomic mass is 19.3. The monoisotopic (exact) mass is 276 g/mol. The number of carbonyl (C=O) groups excluding carboxylic acids is 1. The molecule has 0 radical (unpaired) electrons. The minimum Gasteiger partial charge on any atom is -0.459 e. The number of hydrogen-bond acceptors (Lipinski definition) is 4. The van der Waals surface area contributed by atoms with Crippen molar-refractivity contribution in [3.63, 3.8) is 0 Å². The fourth-order valence-corrected chi connectivity index (χ4v) is 2.72. The van der Waals surface area contributed by atoms with E-state index >= 15 is 0 Å². The van der Waals surface area contributed by atoms with Crippen molar-refractivity contribution in [1.82, 2.24) is 10.2 Å². The van der Waals surface area contributed by atoms with Crippen LogP contribution in [-0.2, 0) is 9.53 Å². The average Bonchev–Trinajstić information content (AvgIpc) is 2.77. The molecule has 6 heteroatoms. The summed E-state index contributed by atoms with van der Waals surface area (Å²) in [6, 6.07) is -0.706. The Labute approximate surface area is 112 Å². The molecule has 0 aromatic rings. The van der Waals surface area contributed by atoms with Crippen LogP contribution in [0.15, 0.2) is 0 Å². The predicted molar refractivity (Wildman–Crippen MR) is 67.1 cm³/mol. The molecule has 0 bridgehead atoms. The molecule has 2 saturated heterocycles. The SMILES string of the molecule is CC(C(=O)OC(C)(C)C)N1C[C@@H]2NCC(F)(F)[C@@H]2C1. The minimum atomic E-state index is -2.67. The summed E-state index contributed by atoms with van der Waals surface area (Å²) >= 11 is 0. The first-order valence-electron chi connectivity index (χ1n) is 6.68. The van der Waals surface area contributed by atoms with Gasteiger partial charge in [-0.25, -0.2) is 8.78 Å². The Morgan fingerprint density at radius 2 is 2.05 bits per heavy atom. The van der Waals surface area contributed by atoms with E-state index in [9.17, 15) is 13.6 Å². The minimum absolute atomic E-state index is 0.222. The number of ether oxygens (including phenoxy) is 1. The fraction of sp³-hybridized carbons (Fsp3) is 0.923. The molecular weight excluding hydrogens is 254 g/mol. The molecule has 2 aliphatic rings. The molecule has 3 atom stereocenters. The summed E-state index contributed by atoms with van der Waals surface area (Å²) in [5.41, 5.74) is -0.552. The van der Waals surface area contributed by atoms with Gasteiger partial charge < -0.3 is 10.1 Å². The van der Waals surface area contributed by atoms with Gasteiger partial charge in [-0.2, -0.15) is 0 Å². The lowest BCUT2D eigenvalue weighted by Crippen LogP contribution is -2.44. The second-order valence-corrected chi connectivity index (χ2v) is 6.52. The standard InChI is InChI=1S/C13H22F2N2O2/c1-8(11(18)19-12(2,3)4)17-5-9-10(6-17)16-7-13(9,14)15/h8-10,16H,5-7H2,1-4H3/t8?,9-,10+/m1/s1. The van der Waals surface area contributed by atoms with Gasteiger partial charge in [0.15, 0.2) is 0 Å². The second kappa shape index (κ2) is 4.66. The van der Waals surface area contributed by atoms with Crippen LogP contribution in [0.25, 0.3) is 0 Å². The van der Waals surface area contributed by atoms with Crippen LogP contribution in [0.3, 0.4) is 0 Å². The van der Waals surface area contributed by atoms with Crippen molar-refractivity contribution in [3.8, 4) is 0 Å². The van der Waals surface area contributed by atoms with Crippen LogP contribution in [0.4, 0.5) is 8.78 Å². The van der Waals surface area contributed by atoms with Crippen LogP contribution < -0.4 is 5.32 Å². The molecule has 4 nitrogen and oxygen atoms in total. The molecule has 110 valence electrons. The van der Waals surface area contributed by atoms with E-state index < -0.39 is 23.5 Å². The Hall–Kier alpha value is -0.750. The van der Waals surface area contributed by atoms with Crippen LogP contribution in [0.1, 0.15) is 27.7 Å². The van der Waals surface area contributed by atoms with E-state index in [4.69, 9.17) is 4.74 Å². The summed E-state index contributed by atoms with van der Waals surface area (Å²) in [4.78, 5) is 13.7. The van der Waals surface area contributed by atoms with Gasteiger partial charge >= 0.3 is 5.97 Å². The smallest absolute Gasteiger partial charge is 0.323 e. The average molecular weight is 276 g/mol. The van der Waals surface area contributed by atoms with Gasteiger partial charge in [0.2, 0.25) is 0 Å². The summed E-state index contributed by atoms with van der Waals surface area (Å²) < 4.78 is 32.5.